The van der Waals surface area contributed by atoms with Crippen molar-refractivity contribution >= 4 is 0 Å². The topological polar surface area (TPSA) is 25.2 Å². The Labute approximate surface area is 92.4 Å². The Bertz CT molecular complexity index is 321. The van der Waals surface area contributed by atoms with E-state index in [0.29, 0.717) is 0 Å². The van der Waals surface area contributed by atoms with E-state index in [1.807, 2.05) is 13.0 Å². The molecule has 0 saturated carbocycles. The molecule has 84 valence electrons. The van der Waals surface area contributed by atoms with Gasteiger partial charge in [-0.25, -0.2) is 0 Å². The normalized spacial score (nSPS) is 12.5. The van der Waals surface area contributed by atoms with Crippen molar-refractivity contribution in [3.05, 3.63) is 35.3 Å². The first kappa shape index (κ1) is 12.1. The highest BCUT2D eigenvalue weighted by molar-refractivity contribution is 5.25. The third-order valence-electron chi connectivity index (χ3n) is 2.35. The molecule has 0 fully saturated rings. The predicted octanol–water partition coefficient (Wildman–Crippen LogP) is 3.59. The molecule has 2 heteroatoms. The Morgan fingerprint density at radius 1 is 1.53 bits per heavy atom. The van der Waals surface area contributed by atoms with Gasteiger partial charge in [0.25, 0.3) is 0 Å². The van der Waals surface area contributed by atoms with Gasteiger partial charge in [0.1, 0.15) is 5.76 Å². The van der Waals surface area contributed by atoms with Crippen LogP contribution in [0.2, 0.25) is 0 Å². The SMILES string of the molecule is CCCNC(C=C(C)C)c1ccoc1C. The van der Waals surface area contributed by atoms with Gasteiger partial charge in [0, 0.05) is 5.56 Å². The van der Waals surface area contributed by atoms with Crippen LogP contribution < -0.4 is 5.32 Å². The number of hydrogen-bond acceptors (Lipinski definition) is 2. The van der Waals surface area contributed by atoms with Crippen LogP contribution in [0.1, 0.15) is 44.6 Å². The second kappa shape index (κ2) is 5.76. The molecule has 0 aliphatic heterocycles. The highest BCUT2D eigenvalue weighted by Gasteiger charge is 2.11. The molecule has 0 aliphatic rings. The Balaban J connectivity index is 2.81. The van der Waals surface area contributed by atoms with Crippen LogP contribution in [0.5, 0.6) is 0 Å². The standard InChI is InChI=1S/C13H21NO/c1-5-7-14-13(9-10(2)3)12-6-8-15-11(12)4/h6,8-9,13-14H,5,7H2,1-4H3. The molecule has 0 radical (unpaired) electrons. The van der Waals surface area contributed by atoms with E-state index in [0.717, 1.165) is 18.7 Å². The summed E-state index contributed by atoms with van der Waals surface area (Å²) in [5.41, 5.74) is 2.56. The molecule has 0 aromatic carbocycles. The van der Waals surface area contributed by atoms with E-state index in [1.165, 1.54) is 11.1 Å². The maximum Gasteiger partial charge on any atom is 0.105 e. The molecule has 0 spiro atoms. The molecule has 0 bridgehead atoms. The molecular weight excluding hydrogens is 186 g/mol. The van der Waals surface area contributed by atoms with Gasteiger partial charge in [-0.3, -0.25) is 0 Å². The Morgan fingerprint density at radius 3 is 2.73 bits per heavy atom. The summed E-state index contributed by atoms with van der Waals surface area (Å²) < 4.78 is 5.34. The van der Waals surface area contributed by atoms with Crippen LogP contribution in [0.15, 0.2) is 28.4 Å². The van der Waals surface area contributed by atoms with Gasteiger partial charge in [0.2, 0.25) is 0 Å². The van der Waals surface area contributed by atoms with Crippen molar-refractivity contribution in [2.24, 2.45) is 0 Å². The van der Waals surface area contributed by atoms with E-state index in [9.17, 15) is 0 Å². The predicted molar refractivity (Wildman–Crippen MR) is 63.9 cm³/mol. The molecule has 1 N–H and O–H groups in total. The number of hydrogen-bond donors (Lipinski definition) is 1. The summed E-state index contributed by atoms with van der Waals surface area (Å²) in [7, 11) is 0. The van der Waals surface area contributed by atoms with Crippen molar-refractivity contribution < 1.29 is 4.42 Å². The average Bonchev–Trinajstić information content (AvgIpc) is 2.58. The first-order valence-corrected chi connectivity index (χ1v) is 5.57. The summed E-state index contributed by atoms with van der Waals surface area (Å²) in [5, 5.41) is 3.51. The van der Waals surface area contributed by atoms with Gasteiger partial charge in [-0.2, -0.15) is 0 Å². The lowest BCUT2D eigenvalue weighted by Crippen LogP contribution is -2.20. The van der Waals surface area contributed by atoms with E-state index < -0.39 is 0 Å². The number of nitrogens with one attached hydrogen (secondary N) is 1. The Morgan fingerprint density at radius 2 is 2.27 bits per heavy atom. The minimum Gasteiger partial charge on any atom is -0.469 e. The summed E-state index contributed by atoms with van der Waals surface area (Å²) >= 11 is 0. The molecule has 1 rings (SSSR count). The first-order chi connectivity index (χ1) is 7.15. The second-order valence-electron chi connectivity index (χ2n) is 4.11. The molecule has 0 aliphatic carbocycles. The monoisotopic (exact) mass is 207 g/mol. The fourth-order valence-electron chi connectivity index (χ4n) is 1.61. The van der Waals surface area contributed by atoms with Crippen LogP contribution in [0, 0.1) is 6.92 Å². The van der Waals surface area contributed by atoms with E-state index in [1.54, 1.807) is 6.26 Å². The molecule has 1 atom stereocenters. The smallest absolute Gasteiger partial charge is 0.105 e. The van der Waals surface area contributed by atoms with Crippen molar-refractivity contribution in [2.75, 3.05) is 6.54 Å². The zero-order chi connectivity index (χ0) is 11.3. The fraction of sp³-hybridized carbons (Fsp3) is 0.538. The highest BCUT2D eigenvalue weighted by atomic mass is 16.3. The van der Waals surface area contributed by atoms with Crippen LogP contribution in [0.4, 0.5) is 0 Å². The Kier molecular flexibility index (Phi) is 4.63. The lowest BCUT2D eigenvalue weighted by molar-refractivity contribution is 0.519. The van der Waals surface area contributed by atoms with Crippen LogP contribution >= 0.6 is 0 Å². The second-order valence-corrected chi connectivity index (χ2v) is 4.11. The molecule has 0 amide bonds. The Hall–Kier alpha value is -1.02. The van der Waals surface area contributed by atoms with Gasteiger partial charge in [0.05, 0.1) is 12.3 Å². The lowest BCUT2D eigenvalue weighted by Gasteiger charge is -2.14. The molecule has 1 unspecified atom stereocenters. The number of allylic oxidation sites excluding steroid dienone is 1. The van der Waals surface area contributed by atoms with Gasteiger partial charge in [0.15, 0.2) is 0 Å². The van der Waals surface area contributed by atoms with Crippen molar-refractivity contribution in [1.82, 2.24) is 5.32 Å². The van der Waals surface area contributed by atoms with Gasteiger partial charge >= 0.3 is 0 Å². The van der Waals surface area contributed by atoms with E-state index >= 15 is 0 Å². The summed E-state index contributed by atoms with van der Waals surface area (Å²) in [5.74, 6) is 1.00. The van der Waals surface area contributed by atoms with Gasteiger partial charge < -0.3 is 9.73 Å². The minimum absolute atomic E-state index is 0.286. The van der Waals surface area contributed by atoms with Gasteiger partial charge in [-0.05, 0) is 39.8 Å². The maximum atomic E-state index is 5.34. The molecule has 0 saturated heterocycles. The third-order valence-corrected chi connectivity index (χ3v) is 2.35. The van der Waals surface area contributed by atoms with Crippen LogP contribution in [-0.4, -0.2) is 6.54 Å². The van der Waals surface area contributed by atoms with Gasteiger partial charge in [-0.15, -0.1) is 0 Å². The zero-order valence-corrected chi connectivity index (χ0v) is 10.1. The molecule has 1 aromatic heterocycles. The maximum absolute atomic E-state index is 5.34. The van der Waals surface area contributed by atoms with Crippen LogP contribution in [-0.2, 0) is 0 Å². The summed E-state index contributed by atoms with van der Waals surface area (Å²) in [6.45, 7) is 9.45. The quantitative estimate of drug-likeness (QED) is 0.746. The largest absolute Gasteiger partial charge is 0.469 e. The summed E-state index contributed by atoms with van der Waals surface area (Å²) in [6, 6.07) is 2.33. The van der Waals surface area contributed by atoms with E-state index in [4.69, 9.17) is 4.42 Å². The van der Waals surface area contributed by atoms with Crippen LogP contribution in [0.3, 0.4) is 0 Å². The number of aryl methyl sites for hydroxylation is 1. The first-order valence-electron chi connectivity index (χ1n) is 5.57. The number of furan rings is 1. The summed E-state index contributed by atoms with van der Waals surface area (Å²) in [4.78, 5) is 0. The van der Waals surface area contributed by atoms with Crippen molar-refractivity contribution in [3.8, 4) is 0 Å². The minimum atomic E-state index is 0.286. The van der Waals surface area contributed by atoms with Gasteiger partial charge in [-0.1, -0.05) is 18.6 Å². The fourth-order valence-corrected chi connectivity index (χ4v) is 1.61. The molecule has 15 heavy (non-hydrogen) atoms. The van der Waals surface area contributed by atoms with Crippen molar-refractivity contribution in [2.45, 2.75) is 40.2 Å². The molecule has 1 aromatic rings. The molecule has 1 heterocycles. The lowest BCUT2D eigenvalue weighted by atomic mass is 10.1. The third kappa shape index (κ3) is 3.56. The number of rotatable bonds is 5. The van der Waals surface area contributed by atoms with E-state index in [-0.39, 0.29) is 6.04 Å². The van der Waals surface area contributed by atoms with Crippen LogP contribution in [0.25, 0.3) is 0 Å². The van der Waals surface area contributed by atoms with E-state index in [2.05, 4.69) is 32.2 Å². The zero-order valence-electron chi connectivity index (χ0n) is 10.1. The summed E-state index contributed by atoms with van der Waals surface area (Å²) in [6.07, 6.45) is 5.14. The highest BCUT2D eigenvalue weighted by Crippen LogP contribution is 2.21. The van der Waals surface area contributed by atoms with Crippen molar-refractivity contribution in [3.63, 3.8) is 0 Å². The molecule has 2 nitrogen and oxygen atoms in total. The average molecular weight is 207 g/mol. The molecular formula is C13H21NO. The van der Waals surface area contributed by atoms with Crippen molar-refractivity contribution in [1.29, 1.82) is 0 Å².